The molecule has 0 fully saturated rings. The van der Waals surface area contributed by atoms with E-state index < -0.39 is 6.43 Å². The van der Waals surface area contributed by atoms with E-state index in [1.54, 1.807) is 18.2 Å². The van der Waals surface area contributed by atoms with Crippen LogP contribution in [0.2, 0.25) is 0 Å². The quantitative estimate of drug-likeness (QED) is 0.558. The van der Waals surface area contributed by atoms with Gasteiger partial charge in [-0.05, 0) is 6.07 Å². The first-order valence-corrected chi connectivity index (χ1v) is 6.73. The molecule has 0 N–H and O–H groups in total. The number of oxime groups is 1. The van der Waals surface area contributed by atoms with Gasteiger partial charge in [-0.15, -0.1) is 0 Å². The molecule has 2 rings (SSSR count). The van der Waals surface area contributed by atoms with Gasteiger partial charge in [-0.25, -0.2) is 8.78 Å². The van der Waals surface area contributed by atoms with E-state index >= 15 is 0 Å². The Kier molecular flexibility index (Phi) is 5.24. The van der Waals surface area contributed by atoms with Gasteiger partial charge in [0.25, 0.3) is 6.43 Å². The Morgan fingerprint density at radius 1 is 1.10 bits per heavy atom. The fraction of sp³-hybridized carbons (Fsp3) is 0.133. The minimum absolute atomic E-state index is 0.0153. The van der Waals surface area contributed by atoms with Crippen molar-refractivity contribution < 1.29 is 13.6 Å². The van der Waals surface area contributed by atoms with Gasteiger partial charge in [0.2, 0.25) is 0 Å². The summed E-state index contributed by atoms with van der Waals surface area (Å²) in [5.74, 6) is 0. The predicted molar refractivity (Wildman–Crippen MR) is 77.9 cm³/mol. The number of rotatable bonds is 5. The maximum atomic E-state index is 12.8. The molecule has 0 amide bonds. The van der Waals surface area contributed by atoms with Gasteiger partial charge >= 0.3 is 0 Å². The Balaban J connectivity index is 1.98. The standard InChI is InChI=1S/C15H12BrF2NO/c16-14-8-4-2-5-11(14)9-19-20-10-12-6-1-3-7-13(12)15(17)18/h1-9,15H,10H2. The number of hydrogen-bond donors (Lipinski definition) is 0. The molecule has 0 bridgehead atoms. The molecule has 2 aromatic rings. The van der Waals surface area contributed by atoms with E-state index in [0.29, 0.717) is 5.56 Å². The third kappa shape index (κ3) is 3.87. The van der Waals surface area contributed by atoms with Crippen LogP contribution in [0.15, 0.2) is 58.2 Å². The lowest BCUT2D eigenvalue weighted by Crippen LogP contribution is -1.96. The molecule has 0 atom stereocenters. The van der Waals surface area contributed by atoms with Crippen molar-refractivity contribution in [1.82, 2.24) is 0 Å². The molecule has 0 radical (unpaired) electrons. The Morgan fingerprint density at radius 2 is 1.80 bits per heavy atom. The van der Waals surface area contributed by atoms with Crippen molar-refractivity contribution in [2.75, 3.05) is 0 Å². The number of nitrogens with zero attached hydrogens (tertiary/aromatic N) is 1. The largest absolute Gasteiger partial charge is 0.391 e. The molecule has 0 aliphatic heterocycles. The highest BCUT2D eigenvalue weighted by atomic mass is 79.9. The molecule has 0 heterocycles. The van der Waals surface area contributed by atoms with Crippen molar-refractivity contribution >= 4 is 22.1 Å². The van der Waals surface area contributed by atoms with Crippen LogP contribution in [0.25, 0.3) is 0 Å². The highest BCUT2D eigenvalue weighted by molar-refractivity contribution is 9.10. The summed E-state index contributed by atoms with van der Waals surface area (Å²) in [7, 11) is 0. The van der Waals surface area contributed by atoms with Crippen molar-refractivity contribution in [3.8, 4) is 0 Å². The molecule has 0 aromatic heterocycles. The first-order valence-electron chi connectivity index (χ1n) is 5.94. The van der Waals surface area contributed by atoms with Crippen molar-refractivity contribution in [3.05, 3.63) is 69.7 Å². The third-order valence-electron chi connectivity index (χ3n) is 2.68. The zero-order chi connectivity index (χ0) is 14.4. The van der Waals surface area contributed by atoms with Gasteiger partial charge in [0.15, 0.2) is 0 Å². The molecule has 0 aliphatic rings. The van der Waals surface area contributed by atoms with Crippen LogP contribution in [0, 0.1) is 0 Å². The molecule has 0 unspecified atom stereocenters. The molecular formula is C15H12BrF2NO. The lowest BCUT2D eigenvalue weighted by molar-refractivity contribution is 0.120. The first-order chi connectivity index (χ1) is 9.68. The summed E-state index contributed by atoms with van der Waals surface area (Å²) >= 11 is 3.38. The molecule has 0 saturated heterocycles. The first kappa shape index (κ1) is 14.7. The predicted octanol–water partition coefficient (Wildman–Crippen LogP) is 4.94. The van der Waals surface area contributed by atoms with E-state index in [1.165, 1.54) is 12.3 Å². The van der Waals surface area contributed by atoms with Gasteiger partial charge < -0.3 is 4.84 Å². The van der Waals surface area contributed by atoms with Crippen LogP contribution in [0.4, 0.5) is 8.78 Å². The maximum absolute atomic E-state index is 12.8. The lowest BCUT2D eigenvalue weighted by atomic mass is 10.1. The summed E-state index contributed by atoms with van der Waals surface area (Å²) in [5.41, 5.74) is 1.27. The third-order valence-corrected chi connectivity index (χ3v) is 3.40. The summed E-state index contributed by atoms with van der Waals surface area (Å²) in [6.45, 7) is 0.0153. The summed E-state index contributed by atoms with van der Waals surface area (Å²) < 4.78 is 26.4. The van der Waals surface area contributed by atoms with Crippen molar-refractivity contribution in [2.45, 2.75) is 13.0 Å². The zero-order valence-electron chi connectivity index (χ0n) is 10.5. The molecule has 0 spiro atoms. The van der Waals surface area contributed by atoms with Crippen LogP contribution < -0.4 is 0 Å². The fourth-order valence-electron chi connectivity index (χ4n) is 1.66. The van der Waals surface area contributed by atoms with Gasteiger partial charge in [0, 0.05) is 21.2 Å². The molecular weight excluding hydrogens is 328 g/mol. The van der Waals surface area contributed by atoms with Gasteiger partial charge in [0.05, 0.1) is 6.21 Å². The van der Waals surface area contributed by atoms with E-state index in [2.05, 4.69) is 21.1 Å². The second-order valence-corrected chi connectivity index (χ2v) is 4.88. The van der Waals surface area contributed by atoms with E-state index in [1.807, 2.05) is 24.3 Å². The minimum Gasteiger partial charge on any atom is -0.391 e. The van der Waals surface area contributed by atoms with Gasteiger partial charge in [0.1, 0.15) is 6.61 Å². The Labute approximate surface area is 124 Å². The van der Waals surface area contributed by atoms with E-state index in [9.17, 15) is 8.78 Å². The molecule has 2 nitrogen and oxygen atoms in total. The maximum Gasteiger partial charge on any atom is 0.264 e. The van der Waals surface area contributed by atoms with Gasteiger partial charge in [-0.1, -0.05) is 63.6 Å². The normalized spacial score (nSPS) is 11.2. The smallest absolute Gasteiger partial charge is 0.264 e. The Morgan fingerprint density at radius 3 is 2.55 bits per heavy atom. The van der Waals surface area contributed by atoms with Crippen molar-refractivity contribution in [3.63, 3.8) is 0 Å². The molecule has 0 saturated carbocycles. The van der Waals surface area contributed by atoms with Crippen LogP contribution in [-0.4, -0.2) is 6.21 Å². The van der Waals surface area contributed by atoms with Crippen LogP contribution >= 0.6 is 15.9 Å². The summed E-state index contributed by atoms with van der Waals surface area (Å²) in [4.78, 5) is 5.08. The van der Waals surface area contributed by atoms with E-state index in [4.69, 9.17) is 4.84 Å². The van der Waals surface area contributed by atoms with Crippen LogP contribution in [0.5, 0.6) is 0 Å². The molecule has 5 heteroatoms. The fourth-order valence-corrected chi connectivity index (χ4v) is 2.05. The van der Waals surface area contributed by atoms with Crippen molar-refractivity contribution in [1.29, 1.82) is 0 Å². The molecule has 0 aliphatic carbocycles. The number of hydrogen-bond acceptors (Lipinski definition) is 2. The Bertz CT molecular complexity index is 602. The summed E-state index contributed by atoms with van der Waals surface area (Å²) in [5, 5.41) is 3.80. The Hall–Kier alpha value is -1.75. The number of halogens is 3. The zero-order valence-corrected chi connectivity index (χ0v) is 12.1. The molecule has 2 aromatic carbocycles. The van der Waals surface area contributed by atoms with Crippen LogP contribution in [0.3, 0.4) is 0 Å². The van der Waals surface area contributed by atoms with Gasteiger partial charge in [-0.2, -0.15) is 0 Å². The molecule has 20 heavy (non-hydrogen) atoms. The van der Waals surface area contributed by atoms with Crippen molar-refractivity contribution in [2.24, 2.45) is 5.16 Å². The SMILES string of the molecule is FC(F)c1ccccc1CON=Cc1ccccc1Br. The topological polar surface area (TPSA) is 21.6 Å². The average Bonchev–Trinajstić information content (AvgIpc) is 2.45. The highest BCUT2D eigenvalue weighted by Gasteiger charge is 2.11. The summed E-state index contributed by atoms with van der Waals surface area (Å²) in [6, 6.07) is 13.8. The number of alkyl halides is 2. The summed E-state index contributed by atoms with van der Waals surface area (Å²) in [6.07, 6.45) is -0.975. The van der Waals surface area contributed by atoms with E-state index in [-0.39, 0.29) is 12.2 Å². The second kappa shape index (κ2) is 7.14. The monoisotopic (exact) mass is 339 g/mol. The highest BCUT2D eigenvalue weighted by Crippen LogP contribution is 2.23. The minimum atomic E-state index is -2.51. The van der Waals surface area contributed by atoms with Crippen LogP contribution in [0.1, 0.15) is 23.1 Å². The number of benzene rings is 2. The van der Waals surface area contributed by atoms with Crippen LogP contribution in [-0.2, 0) is 11.4 Å². The second-order valence-electron chi connectivity index (χ2n) is 4.03. The average molecular weight is 340 g/mol. The lowest BCUT2D eigenvalue weighted by Gasteiger charge is -2.06. The van der Waals surface area contributed by atoms with Gasteiger partial charge in [-0.3, -0.25) is 0 Å². The molecule has 104 valence electrons. The van der Waals surface area contributed by atoms with E-state index in [0.717, 1.165) is 10.0 Å².